The highest BCUT2D eigenvalue weighted by atomic mass is 19.1. The van der Waals surface area contributed by atoms with Crippen LogP contribution in [-0.2, 0) is 6.54 Å². The molecule has 4 rings (SSSR count). The number of hydrogen-bond donors (Lipinski definition) is 3. The highest BCUT2D eigenvalue weighted by molar-refractivity contribution is 5.92. The molecule has 32 heavy (non-hydrogen) atoms. The Kier molecular flexibility index (Phi) is 6.76. The van der Waals surface area contributed by atoms with Gasteiger partial charge in [0.05, 0.1) is 5.69 Å². The van der Waals surface area contributed by atoms with Crippen molar-refractivity contribution < 1.29 is 14.3 Å². The largest absolute Gasteiger partial charge is 0.373 e. The van der Waals surface area contributed by atoms with Crippen molar-refractivity contribution in [1.82, 2.24) is 30.2 Å². The standard InChI is InChI=1S/C23H29FN6O2/c1-14-10-16(8-9-18(14)24)12-25-21(31)19-11-20(30-23(29-19)26-13-27-30)22(32)28-15(2)17-6-4-3-5-7-17/h8-11,13,15,17,22,28,32H,3-7,12H2,1-2H3,(H,25,31)/t15-,22?/m1/s1. The molecule has 1 aliphatic carbocycles. The smallest absolute Gasteiger partial charge is 0.270 e. The highest BCUT2D eigenvalue weighted by Gasteiger charge is 2.24. The third-order valence-corrected chi connectivity index (χ3v) is 6.25. The minimum Gasteiger partial charge on any atom is -0.373 e. The summed E-state index contributed by atoms with van der Waals surface area (Å²) < 4.78 is 14.9. The average Bonchev–Trinajstić information content (AvgIpc) is 3.28. The molecule has 0 spiro atoms. The van der Waals surface area contributed by atoms with Crippen molar-refractivity contribution in [2.45, 2.75) is 64.8 Å². The number of carbonyl (C=O) groups excluding carboxylic acids is 1. The van der Waals surface area contributed by atoms with Gasteiger partial charge in [-0.25, -0.2) is 9.37 Å². The van der Waals surface area contributed by atoms with Gasteiger partial charge >= 0.3 is 0 Å². The lowest BCUT2D eigenvalue weighted by molar-refractivity contribution is 0.0939. The van der Waals surface area contributed by atoms with Crippen LogP contribution in [0.5, 0.6) is 0 Å². The molecule has 8 nitrogen and oxygen atoms in total. The zero-order chi connectivity index (χ0) is 22.7. The van der Waals surface area contributed by atoms with E-state index in [1.54, 1.807) is 19.1 Å². The molecule has 1 fully saturated rings. The molecule has 9 heteroatoms. The molecule has 0 aliphatic heterocycles. The zero-order valence-electron chi connectivity index (χ0n) is 18.4. The van der Waals surface area contributed by atoms with Gasteiger partial charge in [0.2, 0.25) is 0 Å². The Hall–Kier alpha value is -2.91. The average molecular weight is 441 g/mol. The Bertz CT molecular complexity index is 1100. The maximum atomic E-state index is 13.5. The van der Waals surface area contributed by atoms with Crippen LogP contribution in [0, 0.1) is 18.7 Å². The van der Waals surface area contributed by atoms with E-state index >= 15 is 0 Å². The van der Waals surface area contributed by atoms with Gasteiger partial charge in [0.15, 0.2) is 0 Å². The van der Waals surface area contributed by atoms with Gasteiger partial charge in [-0.2, -0.15) is 14.6 Å². The molecule has 3 aromatic rings. The van der Waals surface area contributed by atoms with E-state index in [1.165, 1.54) is 42.2 Å². The number of benzene rings is 1. The summed E-state index contributed by atoms with van der Waals surface area (Å²) in [6, 6.07) is 6.35. The van der Waals surface area contributed by atoms with Crippen LogP contribution in [0.25, 0.3) is 5.78 Å². The van der Waals surface area contributed by atoms with E-state index < -0.39 is 12.1 Å². The fourth-order valence-corrected chi connectivity index (χ4v) is 4.34. The molecule has 0 bridgehead atoms. The minimum atomic E-state index is -1.02. The van der Waals surface area contributed by atoms with Gasteiger partial charge in [0, 0.05) is 12.6 Å². The molecule has 0 saturated heterocycles. The molecule has 3 N–H and O–H groups in total. The Labute approximate surface area is 186 Å². The summed E-state index contributed by atoms with van der Waals surface area (Å²) in [6.45, 7) is 3.99. The van der Waals surface area contributed by atoms with Crippen molar-refractivity contribution >= 4 is 11.7 Å². The van der Waals surface area contributed by atoms with E-state index in [2.05, 4.69) is 32.6 Å². The van der Waals surface area contributed by atoms with E-state index in [0.29, 0.717) is 17.2 Å². The number of aryl methyl sites for hydroxylation is 1. The van der Waals surface area contributed by atoms with Gasteiger partial charge < -0.3 is 10.4 Å². The molecular weight excluding hydrogens is 411 g/mol. The number of aliphatic hydroxyl groups is 1. The number of nitrogens with zero attached hydrogens (tertiary/aromatic N) is 4. The van der Waals surface area contributed by atoms with Gasteiger partial charge in [-0.05, 0) is 55.9 Å². The van der Waals surface area contributed by atoms with Crippen molar-refractivity contribution in [2.24, 2.45) is 5.92 Å². The van der Waals surface area contributed by atoms with Gasteiger partial charge in [-0.1, -0.05) is 31.4 Å². The SMILES string of the molecule is Cc1cc(CNC(=O)c2cc(C(O)N[C@H](C)C3CCCCC3)n3ncnc3n2)ccc1F. The number of aromatic nitrogens is 4. The van der Waals surface area contributed by atoms with Gasteiger partial charge in [-0.15, -0.1) is 0 Å². The normalized spacial score (nSPS) is 16.8. The zero-order valence-corrected chi connectivity index (χ0v) is 18.4. The molecular formula is C23H29FN6O2. The predicted octanol–water partition coefficient (Wildman–Crippen LogP) is 3.05. The van der Waals surface area contributed by atoms with Crippen molar-refractivity contribution in [1.29, 1.82) is 0 Å². The first-order valence-electron chi connectivity index (χ1n) is 11.1. The van der Waals surface area contributed by atoms with Crippen molar-refractivity contribution in [3.8, 4) is 0 Å². The molecule has 2 heterocycles. The van der Waals surface area contributed by atoms with Crippen LogP contribution < -0.4 is 10.6 Å². The quantitative estimate of drug-likeness (QED) is 0.488. The van der Waals surface area contributed by atoms with E-state index in [0.717, 1.165) is 18.4 Å². The topological polar surface area (TPSA) is 104 Å². The predicted molar refractivity (Wildman–Crippen MR) is 117 cm³/mol. The fourth-order valence-electron chi connectivity index (χ4n) is 4.34. The van der Waals surface area contributed by atoms with Gasteiger partial charge in [-0.3, -0.25) is 10.1 Å². The Morgan fingerprint density at radius 2 is 2.06 bits per heavy atom. The number of halogens is 1. The van der Waals surface area contributed by atoms with Crippen LogP contribution in [0.1, 0.15) is 72.6 Å². The molecule has 1 aliphatic rings. The summed E-state index contributed by atoms with van der Waals surface area (Å²) in [7, 11) is 0. The molecule has 170 valence electrons. The third kappa shape index (κ3) is 4.94. The number of fused-ring (bicyclic) bond motifs is 1. The Morgan fingerprint density at radius 3 is 2.81 bits per heavy atom. The molecule has 1 amide bonds. The van der Waals surface area contributed by atoms with Crippen LogP contribution in [0.2, 0.25) is 0 Å². The summed E-state index contributed by atoms with van der Waals surface area (Å²) >= 11 is 0. The second-order valence-corrected chi connectivity index (χ2v) is 8.56. The van der Waals surface area contributed by atoms with Crippen LogP contribution in [0.3, 0.4) is 0 Å². The number of nitrogens with one attached hydrogen (secondary N) is 2. The lowest BCUT2D eigenvalue weighted by Gasteiger charge is -2.30. The first-order chi connectivity index (χ1) is 15.4. The van der Waals surface area contributed by atoms with Crippen LogP contribution >= 0.6 is 0 Å². The Balaban J connectivity index is 1.50. The Morgan fingerprint density at radius 1 is 1.28 bits per heavy atom. The van der Waals surface area contributed by atoms with Crippen LogP contribution in [0.15, 0.2) is 30.6 Å². The third-order valence-electron chi connectivity index (χ3n) is 6.25. The number of aliphatic hydroxyl groups excluding tert-OH is 1. The van der Waals surface area contributed by atoms with Gasteiger partial charge in [0.25, 0.3) is 11.7 Å². The summed E-state index contributed by atoms with van der Waals surface area (Å²) in [5.41, 5.74) is 1.83. The fraction of sp³-hybridized carbons (Fsp3) is 0.478. The van der Waals surface area contributed by atoms with Crippen LogP contribution in [0.4, 0.5) is 4.39 Å². The molecule has 1 unspecified atom stereocenters. The summed E-state index contributed by atoms with van der Waals surface area (Å²) in [6.07, 6.45) is 6.31. The number of amides is 1. The van der Waals surface area contributed by atoms with Crippen molar-refractivity contribution in [3.63, 3.8) is 0 Å². The lowest BCUT2D eigenvalue weighted by atomic mass is 9.84. The first-order valence-corrected chi connectivity index (χ1v) is 11.1. The lowest BCUT2D eigenvalue weighted by Crippen LogP contribution is -2.38. The number of hydrogen-bond acceptors (Lipinski definition) is 6. The molecule has 0 radical (unpaired) electrons. The minimum absolute atomic E-state index is 0.121. The van der Waals surface area contributed by atoms with Gasteiger partial charge in [0.1, 0.15) is 24.1 Å². The number of carbonyl (C=O) groups is 1. The second kappa shape index (κ2) is 9.70. The van der Waals surface area contributed by atoms with E-state index in [1.807, 2.05) is 0 Å². The number of rotatable bonds is 7. The molecule has 1 saturated carbocycles. The molecule has 2 aromatic heterocycles. The molecule has 1 aromatic carbocycles. The van der Waals surface area contributed by atoms with E-state index in [9.17, 15) is 14.3 Å². The summed E-state index contributed by atoms with van der Waals surface area (Å²) in [5.74, 6) is 0.0451. The summed E-state index contributed by atoms with van der Waals surface area (Å²) in [5, 5.41) is 21.1. The molecule has 2 atom stereocenters. The first kappa shape index (κ1) is 22.3. The maximum absolute atomic E-state index is 13.5. The monoisotopic (exact) mass is 440 g/mol. The second-order valence-electron chi connectivity index (χ2n) is 8.56. The summed E-state index contributed by atoms with van der Waals surface area (Å²) in [4.78, 5) is 21.1. The van der Waals surface area contributed by atoms with Crippen molar-refractivity contribution in [3.05, 3.63) is 58.9 Å². The highest BCUT2D eigenvalue weighted by Crippen LogP contribution is 2.27. The van der Waals surface area contributed by atoms with Crippen molar-refractivity contribution in [2.75, 3.05) is 0 Å². The van der Waals surface area contributed by atoms with E-state index in [4.69, 9.17) is 0 Å². The van der Waals surface area contributed by atoms with Crippen LogP contribution in [-0.4, -0.2) is 36.6 Å². The maximum Gasteiger partial charge on any atom is 0.270 e. The van der Waals surface area contributed by atoms with E-state index in [-0.39, 0.29) is 29.9 Å².